The fourth-order valence-electron chi connectivity index (χ4n) is 2.73. The molecule has 1 heterocycles. The number of rotatable bonds is 4. The lowest BCUT2D eigenvalue weighted by atomic mass is 9.95. The van der Waals surface area contributed by atoms with Crippen LogP contribution in [-0.4, -0.2) is 22.2 Å². The van der Waals surface area contributed by atoms with E-state index in [1.807, 2.05) is 20.2 Å². The molecule has 0 aliphatic heterocycles. The lowest BCUT2D eigenvalue weighted by Crippen LogP contribution is -2.36. The summed E-state index contributed by atoms with van der Waals surface area (Å²) >= 11 is 0. The Hall–Kier alpha value is -1.36. The summed E-state index contributed by atoms with van der Waals surface area (Å²) in [5.74, 6) is 0.583. The maximum absolute atomic E-state index is 12.2. The number of aryl methyl sites for hydroxylation is 1. The van der Waals surface area contributed by atoms with E-state index in [0.29, 0.717) is 12.5 Å². The molecule has 5 nitrogen and oxygen atoms in total. The molecule has 0 saturated heterocycles. The van der Waals surface area contributed by atoms with Gasteiger partial charge in [0.15, 0.2) is 0 Å². The maximum Gasteiger partial charge on any atom is 0.223 e. The van der Waals surface area contributed by atoms with Gasteiger partial charge in [0.25, 0.3) is 0 Å². The minimum atomic E-state index is 0.00484. The van der Waals surface area contributed by atoms with Gasteiger partial charge in [0, 0.05) is 24.7 Å². The molecule has 0 aromatic carbocycles. The van der Waals surface area contributed by atoms with Gasteiger partial charge < -0.3 is 11.1 Å². The van der Waals surface area contributed by atoms with Crippen molar-refractivity contribution in [1.82, 2.24) is 15.1 Å². The minimum Gasteiger partial charge on any atom is -0.349 e. The largest absolute Gasteiger partial charge is 0.349 e. The quantitative estimate of drug-likeness (QED) is 0.836. The molecule has 1 aromatic heterocycles. The summed E-state index contributed by atoms with van der Waals surface area (Å²) in [4.78, 5) is 12.2. The molecule has 0 spiro atoms. The monoisotopic (exact) mass is 250 g/mol. The van der Waals surface area contributed by atoms with Gasteiger partial charge in [0.1, 0.15) is 0 Å². The van der Waals surface area contributed by atoms with Crippen LogP contribution in [0, 0.1) is 11.8 Å². The van der Waals surface area contributed by atoms with Gasteiger partial charge in [0.2, 0.25) is 5.91 Å². The first-order valence-electron chi connectivity index (χ1n) is 6.60. The van der Waals surface area contributed by atoms with Crippen LogP contribution in [0.15, 0.2) is 12.4 Å². The Morgan fingerprint density at radius 1 is 1.67 bits per heavy atom. The topological polar surface area (TPSA) is 72.9 Å². The second-order valence-electron chi connectivity index (χ2n) is 5.21. The van der Waals surface area contributed by atoms with Crippen LogP contribution < -0.4 is 11.1 Å². The molecule has 3 unspecified atom stereocenters. The number of hydrogen-bond acceptors (Lipinski definition) is 3. The van der Waals surface area contributed by atoms with Crippen LogP contribution >= 0.6 is 0 Å². The van der Waals surface area contributed by atoms with E-state index < -0.39 is 0 Å². The number of nitrogens with two attached hydrogens (primary N) is 1. The Bertz CT molecular complexity index is 415. The van der Waals surface area contributed by atoms with Crippen molar-refractivity contribution >= 4 is 5.91 Å². The SMILES string of the molecule is CC(NC(=O)C1CCCC1CN)c1cnn(C)c1. The molecule has 1 saturated carbocycles. The number of nitrogens with one attached hydrogen (secondary N) is 1. The predicted octanol–water partition coefficient (Wildman–Crippen LogP) is 0.972. The first-order chi connectivity index (χ1) is 8.61. The van der Waals surface area contributed by atoms with Crippen LogP contribution in [0.25, 0.3) is 0 Å². The van der Waals surface area contributed by atoms with Crippen LogP contribution in [0.2, 0.25) is 0 Å². The fraction of sp³-hybridized carbons (Fsp3) is 0.692. The van der Waals surface area contributed by atoms with Gasteiger partial charge in [-0.05, 0) is 32.2 Å². The second kappa shape index (κ2) is 5.52. The van der Waals surface area contributed by atoms with Crippen LogP contribution in [-0.2, 0) is 11.8 Å². The summed E-state index contributed by atoms with van der Waals surface area (Å²) in [5, 5.41) is 7.19. The molecule has 1 fully saturated rings. The van der Waals surface area contributed by atoms with Crippen molar-refractivity contribution in [3.05, 3.63) is 18.0 Å². The predicted molar refractivity (Wildman–Crippen MR) is 69.7 cm³/mol. The fourth-order valence-corrected chi connectivity index (χ4v) is 2.73. The average Bonchev–Trinajstić information content (AvgIpc) is 2.96. The van der Waals surface area contributed by atoms with E-state index in [1.54, 1.807) is 10.9 Å². The minimum absolute atomic E-state index is 0.00484. The van der Waals surface area contributed by atoms with Gasteiger partial charge >= 0.3 is 0 Å². The third-order valence-electron chi connectivity index (χ3n) is 3.88. The van der Waals surface area contributed by atoms with Crippen molar-refractivity contribution in [2.75, 3.05) is 6.54 Å². The van der Waals surface area contributed by atoms with Gasteiger partial charge in [-0.1, -0.05) is 6.42 Å². The summed E-state index contributed by atoms with van der Waals surface area (Å²) in [7, 11) is 1.87. The molecular weight excluding hydrogens is 228 g/mol. The Labute approximate surface area is 108 Å². The molecule has 18 heavy (non-hydrogen) atoms. The molecule has 1 aliphatic carbocycles. The number of amides is 1. The van der Waals surface area contributed by atoms with Crippen LogP contribution in [0.1, 0.15) is 37.8 Å². The first kappa shape index (κ1) is 13.1. The van der Waals surface area contributed by atoms with Gasteiger partial charge in [-0.2, -0.15) is 5.10 Å². The van der Waals surface area contributed by atoms with Crippen molar-refractivity contribution < 1.29 is 4.79 Å². The summed E-state index contributed by atoms with van der Waals surface area (Å²) in [6.07, 6.45) is 6.88. The Balaban J connectivity index is 1.94. The summed E-state index contributed by atoms with van der Waals surface area (Å²) < 4.78 is 1.75. The first-order valence-corrected chi connectivity index (χ1v) is 6.60. The Morgan fingerprint density at radius 3 is 3.06 bits per heavy atom. The number of carbonyl (C=O) groups excluding carboxylic acids is 1. The molecule has 2 rings (SSSR count). The molecular formula is C13H22N4O. The summed E-state index contributed by atoms with van der Waals surface area (Å²) in [6.45, 7) is 2.60. The van der Waals surface area contributed by atoms with Crippen molar-refractivity contribution in [2.24, 2.45) is 24.6 Å². The Kier molecular flexibility index (Phi) is 4.01. The van der Waals surface area contributed by atoms with Crippen molar-refractivity contribution in [1.29, 1.82) is 0 Å². The van der Waals surface area contributed by atoms with Crippen LogP contribution in [0.4, 0.5) is 0 Å². The van der Waals surface area contributed by atoms with Gasteiger partial charge in [-0.25, -0.2) is 0 Å². The highest BCUT2D eigenvalue weighted by Crippen LogP contribution is 2.31. The Morgan fingerprint density at radius 2 is 2.44 bits per heavy atom. The van der Waals surface area contributed by atoms with E-state index in [1.165, 1.54) is 0 Å². The number of aromatic nitrogens is 2. The summed E-state index contributed by atoms with van der Waals surface area (Å²) in [6, 6.07) is 0.00484. The number of carbonyl (C=O) groups is 1. The van der Waals surface area contributed by atoms with Crippen LogP contribution in [0.5, 0.6) is 0 Å². The molecule has 5 heteroatoms. The molecule has 1 aliphatic rings. The van der Waals surface area contributed by atoms with E-state index in [4.69, 9.17) is 5.73 Å². The van der Waals surface area contributed by atoms with Crippen LogP contribution in [0.3, 0.4) is 0 Å². The van der Waals surface area contributed by atoms with Crippen molar-refractivity contribution in [2.45, 2.75) is 32.2 Å². The van der Waals surface area contributed by atoms with Gasteiger partial charge in [0.05, 0.1) is 12.2 Å². The van der Waals surface area contributed by atoms with Gasteiger partial charge in [-0.15, -0.1) is 0 Å². The normalized spacial score (nSPS) is 25.1. The molecule has 3 N–H and O–H groups in total. The molecule has 3 atom stereocenters. The zero-order valence-corrected chi connectivity index (χ0v) is 11.1. The lowest BCUT2D eigenvalue weighted by Gasteiger charge is -2.20. The maximum atomic E-state index is 12.2. The average molecular weight is 250 g/mol. The van der Waals surface area contributed by atoms with E-state index in [2.05, 4.69) is 10.4 Å². The van der Waals surface area contributed by atoms with Crippen molar-refractivity contribution in [3.63, 3.8) is 0 Å². The second-order valence-corrected chi connectivity index (χ2v) is 5.21. The van der Waals surface area contributed by atoms with E-state index in [9.17, 15) is 4.79 Å². The molecule has 1 aromatic rings. The molecule has 100 valence electrons. The highest BCUT2D eigenvalue weighted by Gasteiger charge is 2.32. The molecule has 0 radical (unpaired) electrons. The number of nitrogens with zero attached hydrogens (tertiary/aromatic N) is 2. The molecule has 1 amide bonds. The highest BCUT2D eigenvalue weighted by molar-refractivity contribution is 5.79. The molecule has 0 bridgehead atoms. The van der Waals surface area contributed by atoms with E-state index in [-0.39, 0.29) is 17.9 Å². The van der Waals surface area contributed by atoms with Crippen molar-refractivity contribution in [3.8, 4) is 0 Å². The third-order valence-corrected chi connectivity index (χ3v) is 3.88. The van der Waals surface area contributed by atoms with E-state index >= 15 is 0 Å². The summed E-state index contributed by atoms with van der Waals surface area (Å²) in [5.41, 5.74) is 6.75. The number of hydrogen-bond donors (Lipinski definition) is 2. The smallest absolute Gasteiger partial charge is 0.223 e. The third kappa shape index (κ3) is 2.72. The zero-order chi connectivity index (χ0) is 13.1. The van der Waals surface area contributed by atoms with Gasteiger partial charge in [-0.3, -0.25) is 9.48 Å². The van der Waals surface area contributed by atoms with E-state index in [0.717, 1.165) is 24.8 Å². The lowest BCUT2D eigenvalue weighted by molar-refractivity contribution is -0.126. The zero-order valence-electron chi connectivity index (χ0n) is 11.1. The highest BCUT2D eigenvalue weighted by atomic mass is 16.2. The standard InChI is InChI=1S/C13H22N4O/c1-9(11-7-15-17(2)8-11)16-13(18)12-5-3-4-10(12)6-14/h7-10,12H,3-6,14H2,1-2H3,(H,16,18).